The second kappa shape index (κ2) is 9.35. The molecular formula is C21H36FN3O2. The lowest BCUT2D eigenvalue weighted by atomic mass is 9.80. The first kappa shape index (κ1) is 20.6. The molecular weight excluding hydrogens is 345 g/mol. The largest absolute Gasteiger partial charge is 0.359 e. The van der Waals surface area contributed by atoms with Crippen LogP contribution < -0.4 is 10.6 Å². The van der Waals surface area contributed by atoms with Gasteiger partial charge in [0.05, 0.1) is 0 Å². The number of nitrogens with zero attached hydrogens (tertiary/aromatic N) is 1. The molecule has 1 saturated carbocycles. The van der Waals surface area contributed by atoms with Crippen molar-refractivity contribution in [2.75, 3.05) is 33.2 Å². The molecule has 3 rings (SSSR count). The average Bonchev–Trinajstić information content (AvgIpc) is 2.72. The zero-order chi connectivity index (χ0) is 19.3. The Morgan fingerprint density at radius 1 is 1.04 bits per heavy atom. The highest BCUT2D eigenvalue weighted by Gasteiger charge is 2.35. The fraction of sp³-hybridized carbons (Fsp3) is 0.905. The molecule has 2 aliphatic heterocycles. The smallest absolute Gasteiger partial charge is 0.225 e. The molecule has 154 valence electrons. The number of carbonyl (C=O) groups excluding carboxylic acids is 2. The van der Waals surface area contributed by atoms with Crippen molar-refractivity contribution in [3.05, 3.63) is 0 Å². The molecule has 0 aromatic carbocycles. The lowest BCUT2D eigenvalue weighted by molar-refractivity contribution is -0.139. The lowest BCUT2D eigenvalue weighted by Gasteiger charge is -2.37. The molecule has 0 spiro atoms. The third-order valence-corrected chi connectivity index (χ3v) is 7.12. The predicted molar refractivity (Wildman–Crippen MR) is 104 cm³/mol. The van der Waals surface area contributed by atoms with Crippen molar-refractivity contribution in [1.29, 1.82) is 0 Å². The van der Waals surface area contributed by atoms with Crippen LogP contribution in [0.4, 0.5) is 4.39 Å². The normalized spacial score (nSPS) is 29.3. The van der Waals surface area contributed by atoms with Crippen LogP contribution in [0.25, 0.3) is 0 Å². The Balaban J connectivity index is 1.37. The molecule has 5 nitrogen and oxygen atoms in total. The monoisotopic (exact) mass is 381 g/mol. The van der Waals surface area contributed by atoms with E-state index >= 15 is 0 Å². The number of amides is 2. The molecule has 2 N–H and O–H groups in total. The van der Waals surface area contributed by atoms with E-state index in [0.717, 1.165) is 71.1 Å². The minimum atomic E-state index is -0.971. The molecule has 6 heteroatoms. The molecule has 2 saturated heterocycles. The van der Waals surface area contributed by atoms with Crippen LogP contribution >= 0.6 is 0 Å². The number of rotatable bonds is 5. The lowest BCUT2D eigenvalue weighted by Crippen LogP contribution is -2.44. The minimum Gasteiger partial charge on any atom is -0.359 e. The minimum absolute atomic E-state index is 0.0767. The second-order valence-electron chi connectivity index (χ2n) is 8.87. The summed E-state index contributed by atoms with van der Waals surface area (Å²) in [6, 6.07) is 0. The molecule has 0 aromatic heterocycles. The Morgan fingerprint density at radius 3 is 2.22 bits per heavy atom. The Morgan fingerprint density at radius 2 is 1.63 bits per heavy atom. The van der Waals surface area contributed by atoms with E-state index in [9.17, 15) is 14.0 Å². The summed E-state index contributed by atoms with van der Waals surface area (Å²) >= 11 is 0. The van der Waals surface area contributed by atoms with Gasteiger partial charge in [-0.1, -0.05) is 0 Å². The number of carbonyl (C=O) groups is 2. The highest BCUT2D eigenvalue weighted by atomic mass is 19.1. The number of halogens is 1. The Bertz CT molecular complexity index is 506. The predicted octanol–water partition coefficient (Wildman–Crippen LogP) is 2.65. The van der Waals surface area contributed by atoms with E-state index in [1.54, 1.807) is 7.05 Å². The maximum Gasteiger partial charge on any atom is 0.225 e. The Hall–Kier alpha value is -1.17. The summed E-state index contributed by atoms with van der Waals surface area (Å²) in [5.74, 6) is 1.12. The highest BCUT2D eigenvalue weighted by Crippen LogP contribution is 2.34. The molecule has 3 aliphatic rings. The maximum atomic E-state index is 14.8. The van der Waals surface area contributed by atoms with Crippen molar-refractivity contribution >= 4 is 11.8 Å². The quantitative estimate of drug-likeness (QED) is 0.770. The van der Waals surface area contributed by atoms with Crippen LogP contribution in [0.3, 0.4) is 0 Å². The fourth-order valence-electron chi connectivity index (χ4n) is 5.09. The molecule has 27 heavy (non-hydrogen) atoms. The summed E-state index contributed by atoms with van der Waals surface area (Å²) in [5, 5.41) is 5.95. The van der Waals surface area contributed by atoms with Gasteiger partial charge in [-0.15, -0.1) is 0 Å². The third kappa shape index (κ3) is 5.43. The van der Waals surface area contributed by atoms with Crippen molar-refractivity contribution in [3.8, 4) is 0 Å². The summed E-state index contributed by atoms with van der Waals surface area (Å²) in [6.45, 7) is 3.23. The van der Waals surface area contributed by atoms with E-state index < -0.39 is 5.67 Å². The summed E-state index contributed by atoms with van der Waals surface area (Å²) in [5.41, 5.74) is -0.971. The highest BCUT2D eigenvalue weighted by molar-refractivity contribution is 5.81. The third-order valence-electron chi connectivity index (χ3n) is 7.12. The maximum absolute atomic E-state index is 14.8. The van der Waals surface area contributed by atoms with E-state index in [2.05, 4.69) is 10.6 Å². The van der Waals surface area contributed by atoms with Crippen LogP contribution in [0.1, 0.15) is 64.2 Å². The van der Waals surface area contributed by atoms with Crippen LogP contribution in [-0.4, -0.2) is 55.6 Å². The van der Waals surface area contributed by atoms with Crippen molar-refractivity contribution in [2.24, 2.45) is 17.8 Å². The summed E-state index contributed by atoms with van der Waals surface area (Å²) in [4.78, 5) is 26.6. The van der Waals surface area contributed by atoms with Gasteiger partial charge in [0.15, 0.2) is 0 Å². The molecule has 1 aliphatic carbocycles. The Kier molecular flexibility index (Phi) is 7.12. The van der Waals surface area contributed by atoms with Crippen molar-refractivity contribution in [1.82, 2.24) is 15.5 Å². The van der Waals surface area contributed by atoms with Crippen molar-refractivity contribution in [2.45, 2.75) is 69.9 Å². The molecule has 0 unspecified atom stereocenters. The zero-order valence-electron chi connectivity index (χ0n) is 16.8. The van der Waals surface area contributed by atoms with Gasteiger partial charge in [0.2, 0.25) is 11.8 Å². The number of alkyl halides is 1. The van der Waals surface area contributed by atoms with Crippen molar-refractivity contribution < 1.29 is 14.0 Å². The molecule has 0 radical (unpaired) electrons. The van der Waals surface area contributed by atoms with Gasteiger partial charge < -0.3 is 15.5 Å². The van der Waals surface area contributed by atoms with Crippen LogP contribution in [-0.2, 0) is 9.59 Å². The number of nitrogens with one attached hydrogen (secondary N) is 2. The first-order chi connectivity index (χ1) is 13.0. The van der Waals surface area contributed by atoms with Gasteiger partial charge in [-0.05, 0) is 83.2 Å². The first-order valence-electron chi connectivity index (χ1n) is 10.9. The zero-order valence-corrected chi connectivity index (χ0v) is 16.8. The molecule has 0 bridgehead atoms. The fourth-order valence-corrected chi connectivity index (χ4v) is 5.09. The standard InChI is InChI=1S/C21H36FN3O2/c1-23-19(26)17-2-4-18(5-3-17)20(27)25-14-7-16(8-15-25)6-9-21(22)10-12-24-13-11-21/h16-18,24H,2-15H2,1H3,(H,23,26). The number of piperidine rings is 2. The summed E-state index contributed by atoms with van der Waals surface area (Å²) in [7, 11) is 1.68. The van der Waals surface area contributed by atoms with Crippen LogP contribution in [0, 0.1) is 17.8 Å². The topological polar surface area (TPSA) is 61.4 Å². The first-order valence-corrected chi connectivity index (χ1v) is 10.9. The van der Waals surface area contributed by atoms with Gasteiger partial charge in [0, 0.05) is 32.0 Å². The Labute approximate surface area is 162 Å². The van der Waals surface area contributed by atoms with Gasteiger partial charge in [-0.25, -0.2) is 4.39 Å². The second-order valence-corrected chi connectivity index (χ2v) is 8.87. The van der Waals surface area contributed by atoms with E-state index in [4.69, 9.17) is 0 Å². The van der Waals surface area contributed by atoms with Gasteiger partial charge in [-0.3, -0.25) is 9.59 Å². The SMILES string of the molecule is CNC(=O)C1CCC(C(=O)N2CCC(CCC3(F)CCNCC3)CC2)CC1. The van der Waals surface area contributed by atoms with Crippen LogP contribution in [0.15, 0.2) is 0 Å². The van der Waals surface area contributed by atoms with E-state index in [-0.39, 0.29) is 23.7 Å². The van der Waals surface area contributed by atoms with E-state index in [0.29, 0.717) is 25.2 Å². The van der Waals surface area contributed by atoms with Gasteiger partial charge >= 0.3 is 0 Å². The summed E-state index contributed by atoms with van der Waals surface area (Å²) < 4.78 is 14.8. The van der Waals surface area contributed by atoms with Crippen molar-refractivity contribution in [3.63, 3.8) is 0 Å². The van der Waals surface area contributed by atoms with E-state index in [1.165, 1.54) is 0 Å². The van der Waals surface area contributed by atoms with Gasteiger partial charge in [-0.2, -0.15) is 0 Å². The van der Waals surface area contributed by atoms with Crippen LogP contribution in [0.2, 0.25) is 0 Å². The average molecular weight is 382 g/mol. The molecule has 2 amide bonds. The molecule has 0 aromatic rings. The number of hydrogen-bond acceptors (Lipinski definition) is 3. The molecule has 3 fully saturated rings. The number of hydrogen-bond donors (Lipinski definition) is 2. The molecule has 2 heterocycles. The van der Waals surface area contributed by atoms with Gasteiger partial charge in [0.1, 0.15) is 5.67 Å². The van der Waals surface area contributed by atoms with Gasteiger partial charge in [0.25, 0.3) is 0 Å². The van der Waals surface area contributed by atoms with E-state index in [1.807, 2.05) is 4.90 Å². The van der Waals surface area contributed by atoms with Crippen LogP contribution in [0.5, 0.6) is 0 Å². The summed E-state index contributed by atoms with van der Waals surface area (Å²) in [6.07, 6.45) is 8.23. The number of likely N-dealkylation sites (tertiary alicyclic amines) is 1. The molecule has 0 atom stereocenters.